The van der Waals surface area contributed by atoms with Crippen LogP contribution >= 0.6 is 0 Å². The molecule has 448 valence electrons. The summed E-state index contributed by atoms with van der Waals surface area (Å²) in [5.41, 5.74) is 22.2. The minimum atomic E-state index is -5.08. The molecule has 2 fully saturated rings. The zero-order valence-electron chi connectivity index (χ0n) is 37.0. The quantitative estimate of drug-likeness (QED) is 0.0330. The van der Waals surface area contributed by atoms with E-state index in [9.17, 15) is 56.9 Å². The lowest BCUT2D eigenvalue weighted by Gasteiger charge is -2.33. The number of hydrogen-bond acceptors (Lipinski definition) is 12. The van der Waals surface area contributed by atoms with E-state index in [1.54, 1.807) is 0 Å². The number of guanidine groups is 1. The molecule has 1 saturated carbocycles. The molecule has 73 heavy (non-hydrogen) atoms. The normalized spacial score (nSPS) is 20.2. The van der Waals surface area contributed by atoms with Gasteiger partial charge >= 0.3 is 18.1 Å². The standard InChI is InChI=1S/C32H57N11O9.C2HF3O2.4CH4.6FH.4H2O/c33-13-5-3-10-20-28(49)40-22(12-7-15-37-32(35)36)27(48)38-19-9-2-1-8-18(19)26(47)42-23(16-25(45)46)30(51)43-24(17-44)31(52)41-21(29(50)39-20)11-4-6-14-34;3-2(4,5)1(6)7;;;;;;;;;;;;;;/h18-24,44H,1-17,33-34H2,(H,38,48)(H,39,50)(H,40,49)(H,41,52)(H,42,47)(H,43,51)(H,45,46)(H4,35,36,37);(H,6,7);4*1H4;6*1H;4*1H2/t18-,19-,20-,21-,22-,23-,24-;;;;;;;;;;;;;;;/m0.............../s1. The number of nitrogens with zero attached hydrogens (tertiary/aromatic N) is 1. The summed E-state index contributed by atoms with van der Waals surface area (Å²) in [5.74, 6) is -9.93. The van der Waals surface area contributed by atoms with Gasteiger partial charge in [-0.15, -0.1) is 0 Å². The first-order valence-electron chi connectivity index (χ1n) is 19.2. The van der Waals surface area contributed by atoms with Gasteiger partial charge in [-0.2, -0.15) is 13.2 Å². The summed E-state index contributed by atoms with van der Waals surface area (Å²) < 4.78 is 31.7. The Morgan fingerprint density at radius 1 is 0.548 bits per heavy atom. The molecule has 6 amide bonds. The first kappa shape index (κ1) is 104. The maximum atomic E-state index is 13.8. The number of unbranched alkanes of at least 4 members (excludes halogenated alkanes) is 2. The molecule has 7 atom stereocenters. The first-order chi connectivity index (χ1) is 27.7. The van der Waals surface area contributed by atoms with E-state index in [-0.39, 0.29) is 118 Å². The Morgan fingerprint density at radius 3 is 1.23 bits per heavy atom. The Hall–Kier alpha value is -5.88. The molecule has 0 aromatic carbocycles. The molecular weight excluding hydrogens is 1020 g/mol. The summed E-state index contributed by atoms with van der Waals surface area (Å²) in [6, 6.07) is -7.54. The number of halogens is 9. The van der Waals surface area contributed by atoms with Crippen LogP contribution in [0.15, 0.2) is 4.99 Å². The number of carboxylic acids is 2. The van der Waals surface area contributed by atoms with Crippen molar-refractivity contribution in [3.63, 3.8) is 0 Å². The lowest BCUT2D eigenvalue weighted by molar-refractivity contribution is -0.192. The van der Waals surface area contributed by atoms with E-state index in [0.717, 1.165) is 0 Å². The van der Waals surface area contributed by atoms with Crippen LogP contribution in [-0.4, -0.2) is 159 Å². The molecule has 1 saturated heterocycles. The van der Waals surface area contributed by atoms with Crippen LogP contribution in [0.1, 0.15) is 113 Å². The highest BCUT2D eigenvalue weighted by atomic mass is 19.4. The summed E-state index contributed by atoms with van der Waals surface area (Å²) in [6.45, 7) is -0.145. The van der Waals surface area contributed by atoms with Crippen LogP contribution in [0.3, 0.4) is 0 Å². The number of hydrogen-bond donors (Lipinski definition) is 13. The highest BCUT2D eigenvalue weighted by Crippen LogP contribution is 2.25. The largest absolute Gasteiger partial charge is 0.490 e. The van der Waals surface area contributed by atoms with Crippen molar-refractivity contribution in [2.45, 2.75) is 156 Å². The topological polar surface area (TPSA) is 512 Å². The number of aliphatic hydroxyl groups excluding tert-OH is 1. The van der Waals surface area contributed by atoms with Crippen molar-refractivity contribution in [2.75, 3.05) is 26.2 Å². The van der Waals surface area contributed by atoms with E-state index < -0.39 is 109 Å². The second-order valence-corrected chi connectivity index (χ2v) is 13.9. The maximum Gasteiger partial charge on any atom is 0.490 e. The summed E-state index contributed by atoms with van der Waals surface area (Å²) >= 11 is 0. The lowest BCUT2D eigenvalue weighted by Crippen LogP contribution is -2.59. The number of aliphatic carboxylic acids is 2. The maximum absolute atomic E-state index is 13.8. The molecule has 2 aliphatic rings. The fraction of sp³-hybridized carbons (Fsp3) is 0.763. The molecule has 35 heteroatoms. The number of nitrogens with one attached hydrogen (secondary N) is 6. The van der Waals surface area contributed by atoms with Gasteiger partial charge in [-0.25, -0.2) is 4.79 Å². The molecule has 2 rings (SSSR count). The van der Waals surface area contributed by atoms with Crippen LogP contribution in [0.5, 0.6) is 0 Å². The number of nitrogens with two attached hydrogens (primary N) is 4. The van der Waals surface area contributed by atoms with Gasteiger partial charge in [0.1, 0.15) is 30.2 Å². The predicted molar refractivity (Wildman–Crippen MR) is 259 cm³/mol. The third-order valence-corrected chi connectivity index (χ3v) is 9.24. The SMILES string of the molecule is C.C.C.C.F.F.F.F.F.F.NCCCC[C@@H]1NC(=O)[C@H](CO)NC(=O)[C@H](CC(=O)O)NC(=O)[C@H]2CCCC[C@@H]2NC(=O)[C@H](CCCN=C(N)N)NC(=O)[C@H](CCCCN)NC1=O.O.O.O.O.O=C(O)C(F)(F)F. The Balaban J connectivity index is -0.000000129. The third kappa shape index (κ3) is 40.3. The molecule has 0 radical (unpaired) electrons. The zero-order valence-corrected chi connectivity index (χ0v) is 37.0. The number of amides is 6. The van der Waals surface area contributed by atoms with Crippen molar-refractivity contribution in [1.82, 2.24) is 31.9 Å². The lowest BCUT2D eigenvalue weighted by atomic mass is 9.83. The summed E-state index contributed by atoms with van der Waals surface area (Å²) in [6.07, 6.45) is -1.53. The number of carbonyl (C=O) groups is 8. The summed E-state index contributed by atoms with van der Waals surface area (Å²) in [4.78, 5) is 106. The van der Waals surface area contributed by atoms with Gasteiger partial charge in [0.2, 0.25) is 35.4 Å². The Bertz CT molecular complexity index is 1500. The van der Waals surface area contributed by atoms with E-state index in [1.165, 1.54) is 0 Å². The number of rotatable bonds is 15. The van der Waals surface area contributed by atoms with Gasteiger partial charge in [-0.05, 0) is 77.3 Å². The monoisotopic (exact) mass is 1110 g/mol. The second-order valence-electron chi connectivity index (χ2n) is 13.9. The van der Waals surface area contributed by atoms with Crippen LogP contribution in [0.4, 0.5) is 41.4 Å². The molecule has 1 heterocycles. The second kappa shape index (κ2) is 53.9. The molecule has 25 N–H and O–H groups in total. The van der Waals surface area contributed by atoms with Crippen molar-refractivity contribution >= 4 is 53.3 Å². The van der Waals surface area contributed by atoms with Gasteiger partial charge in [-0.3, -0.25) is 66.8 Å². The molecule has 0 aromatic heterocycles. The average molecular weight is 1110 g/mol. The molecule has 0 aromatic rings. The van der Waals surface area contributed by atoms with Crippen LogP contribution in [0.2, 0.25) is 0 Å². The smallest absolute Gasteiger partial charge is 0.481 e. The minimum absolute atomic E-state index is 0. The Morgan fingerprint density at radius 2 is 0.877 bits per heavy atom. The van der Waals surface area contributed by atoms with E-state index in [0.29, 0.717) is 64.5 Å². The number of carboxylic acid groups (broad SMARTS) is 2. The van der Waals surface area contributed by atoms with Crippen molar-refractivity contribution in [2.24, 2.45) is 33.8 Å². The van der Waals surface area contributed by atoms with Crippen LogP contribution in [-0.2, 0) is 38.4 Å². The molecule has 1 aliphatic carbocycles. The summed E-state index contributed by atoms with van der Waals surface area (Å²) in [5, 5.41) is 42.2. The molecule has 0 bridgehead atoms. The van der Waals surface area contributed by atoms with Crippen LogP contribution in [0, 0.1) is 5.92 Å². The Labute approximate surface area is 417 Å². The number of aliphatic imine (C=N–C) groups is 1. The number of carbonyl (C=O) groups excluding carboxylic acids is 6. The van der Waals surface area contributed by atoms with Gasteiger partial charge in [0, 0.05) is 12.6 Å². The number of fused-ring (bicyclic) bond motifs is 1. The van der Waals surface area contributed by atoms with Crippen molar-refractivity contribution in [3.8, 4) is 0 Å². The predicted octanol–water partition coefficient (Wildman–Crippen LogP) is -3.33. The van der Waals surface area contributed by atoms with Gasteiger partial charge in [0.15, 0.2) is 5.96 Å². The van der Waals surface area contributed by atoms with E-state index in [2.05, 4.69) is 36.9 Å². The fourth-order valence-electron chi connectivity index (χ4n) is 6.14. The van der Waals surface area contributed by atoms with E-state index >= 15 is 0 Å². The van der Waals surface area contributed by atoms with Gasteiger partial charge in [-0.1, -0.05) is 42.5 Å². The first-order valence-corrected chi connectivity index (χ1v) is 19.2. The highest BCUT2D eigenvalue weighted by molar-refractivity contribution is 5.97. The van der Waals surface area contributed by atoms with Crippen molar-refractivity contribution in [3.05, 3.63) is 0 Å². The molecule has 1 aliphatic heterocycles. The minimum Gasteiger partial charge on any atom is -0.481 e. The van der Waals surface area contributed by atoms with Crippen LogP contribution < -0.4 is 54.8 Å². The van der Waals surface area contributed by atoms with E-state index in [4.69, 9.17) is 32.8 Å². The molecular formula is C38H88F9N11O15. The fourth-order valence-corrected chi connectivity index (χ4v) is 6.14. The van der Waals surface area contributed by atoms with Crippen LogP contribution in [0.25, 0.3) is 0 Å². The van der Waals surface area contributed by atoms with Gasteiger partial charge in [0.25, 0.3) is 0 Å². The van der Waals surface area contributed by atoms with Gasteiger partial charge < -0.3 is 92.1 Å². The third-order valence-electron chi connectivity index (χ3n) is 9.24. The van der Waals surface area contributed by atoms with Crippen molar-refractivity contribution < 1.29 is 117 Å². The molecule has 0 spiro atoms. The number of aliphatic hydroxyl groups is 1. The number of alkyl halides is 3. The summed E-state index contributed by atoms with van der Waals surface area (Å²) in [7, 11) is 0. The molecule has 26 nitrogen and oxygen atoms in total. The van der Waals surface area contributed by atoms with Gasteiger partial charge in [0.05, 0.1) is 18.9 Å². The van der Waals surface area contributed by atoms with E-state index in [1.807, 2.05) is 0 Å². The highest BCUT2D eigenvalue weighted by Gasteiger charge is 2.39. The van der Waals surface area contributed by atoms with Crippen molar-refractivity contribution in [1.29, 1.82) is 0 Å². The molecule has 0 unspecified atom stereocenters. The zero-order chi connectivity index (χ0) is 44.7. The average Bonchev–Trinajstić information content (AvgIpc) is 3.16. The Kier molecular flexibility index (Phi) is 76.8.